The Labute approximate surface area is 180 Å². The van der Waals surface area contributed by atoms with E-state index in [1.807, 2.05) is 11.8 Å². The maximum atomic E-state index is 12.6. The van der Waals surface area contributed by atoms with Crippen LogP contribution in [0, 0.1) is 0 Å². The number of rotatable bonds is 7. The van der Waals surface area contributed by atoms with Gasteiger partial charge in [0.2, 0.25) is 0 Å². The summed E-state index contributed by atoms with van der Waals surface area (Å²) in [5, 5.41) is 6.75. The van der Waals surface area contributed by atoms with Gasteiger partial charge in [-0.25, -0.2) is 0 Å². The Kier molecular flexibility index (Phi) is 10.8. The average Bonchev–Trinajstić information content (AvgIpc) is 3.04. The van der Waals surface area contributed by atoms with Crippen molar-refractivity contribution in [1.29, 1.82) is 0 Å². The van der Waals surface area contributed by atoms with Gasteiger partial charge in [-0.05, 0) is 42.5 Å². The predicted molar refractivity (Wildman–Crippen MR) is 118 cm³/mol. The smallest absolute Gasteiger partial charge is 0.356 e. The molecular formula is C18H28F3IN4S. The van der Waals surface area contributed by atoms with E-state index in [1.54, 1.807) is 19.2 Å². The second-order valence-electron chi connectivity index (χ2n) is 6.41. The Morgan fingerprint density at radius 1 is 1.30 bits per heavy atom. The third-order valence-electron chi connectivity index (χ3n) is 4.34. The van der Waals surface area contributed by atoms with Crippen molar-refractivity contribution in [3.8, 4) is 0 Å². The van der Waals surface area contributed by atoms with Crippen LogP contribution in [0.3, 0.4) is 0 Å². The topological polar surface area (TPSA) is 39.7 Å². The summed E-state index contributed by atoms with van der Waals surface area (Å²) in [6, 6.07) is 5.74. The van der Waals surface area contributed by atoms with Gasteiger partial charge in [-0.2, -0.15) is 24.9 Å². The number of nitrogens with one attached hydrogen (secondary N) is 2. The number of benzene rings is 1. The summed E-state index contributed by atoms with van der Waals surface area (Å²) >= 11 is 1.83. The van der Waals surface area contributed by atoms with Crippen LogP contribution in [0.4, 0.5) is 13.2 Å². The molecular weight excluding hydrogens is 488 g/mol. The highest BCUT2D eigenvalue weighted by molar-refractivity contribution is 14.0. The molecule has 1 fully saturated rings. The van der Waals surface area contributed by atoms with Crippen LogP contribution in [0.15, 0.2) is 29.3 Å². The zero-order valence-corrected chi connectivity index (χ0v) is 18.8. The maximum Gasteiger partial charge on any atom is 0.416 e. The van der Waals surface area contributed by atoms with Gasteiger partial charge >= 0.3 is 6.18 Å². The fourth-order valence-corrected chi connectivity index (χ4v) is 3.40. The van der Waals surface area contributed by atoms with Gasteiger partial charge in [0.15, 0.2) is 5.96 Å². The van der Waals surface area contributed by atoms with Gasteiger partial charge in [0, 0.05) is 39.3 Å². The first-order valence-corrected chi connectivity index (χ1v) is 10.2. The lowest BCUT2D eigenvalue weighted by atomic mass is 10.1. The van der Waals surface area contributed by atoms with Crippen LogP contribution < -0.4 is 10.6 Å². The molecule has 0 spiro atoms. The van der Waals surface area contributed by atoms with Gasteiger partial charge in [0.05, 0.1) is 5.56 Å². The molecule has 154 valence electrons. The molecule has 0 aromatic heterocycles. The standard InChI is InChI=1S/C18H27F3N4S.HI/c1-22-17(23-9-3-11-26-2)24-16-8-10-25(13-16)12-14-4-6-15(7-5-14)18(19,20)21;/h4-7,16H,3,8-13H2,1-2H3,(H2,22,23,24);1H. The molecule has 1 heterocycles. The number of thioether (sulfide) groups is 1. The van der Waals surface area contributed by atoms with Crippen molar-refractivity contribution in [3.63, 3.8) is 0 Å². The Balaban J connectivity index is 0.00000364. The second-order valence-corrected chi connectivity index (χ2v) is 7.39. The summed E-state index contributed by atoms with van der Waals surface area (Å²) < 4.78 is 37.9. The van der Waals surface area contributed by atoms with Crippen LogP contribution in [0.1, 0.15) is 24.0 Å². The number of nitrogens with zero attached hydrogens (tertiary/aromatic N) is 2. The molecule has 0 radical (unpaired) electrons. The lowest BCUT2D eigenvalue weighted by Gasteiger charge is -2.19. The van der Waals surface area contributed by atoms with Crippen molar-refractivity contribution < 1.29 is 13.2 Å². The highest BCUT2D eigenvalue weighted by Gasteiger charge is 2.30. The van der Waals surface area contributed by atoms with Crippen molar-refractivity contribution in [2.45, 2.75) is 31.6 Å². The minimum Gasteiger partial charge on any atom is -0.356 e. The molecule has 0 aliphatic carbocycles. The first-order valence-electron chi connectivity index (χ1n) is 8.77. The highest BCUT2D eigenvalue weighted by atomic mass is 127. The van der Waals surface area contributed by atoms with Crippen molar-refractivity contribution >= 4 is 41.7 Å². The largest absolute Gasteiger partial charge is 0.416 e. The van der Waals surface area contributed by atoms with E-state index in [0.29, 0.717) is 12.6 Å². The molecule has 1 aromatic carbocycles. The Hall–Kier alpha value is -0.680. The fourth-order valence-electron chi connectivity index (χ4n) is 2.96. The zero-order chi connectivity index (χ0) is 19.0. The molecule has 2 N–H and O–H groups in total. The van der Waals surface area contributed by atoms with E-state index in [1.165, 1.54) is 0 Å². The van der Waals surface area contributed by atoms with Gasteiger partial charge in [0.1, 0.15) is 0 Å². The third-order valence-corrected chi connectivity index (χ3v) is 5.04. The first-order chi connectivity index (χ1) is 12.4. The van der Waals surface area contributed by atoms with Gasteiger partial charge < -0.3 is 10.6 Å². The number of alkyl halides is 3. The molecule has 1 saturated heterocycles. The van der Waals surface area contributed by atoms with Gasteiger partial charge in [-0.15, -0.1) is 24.0 Å². The average molecular weight is 516 g/mol. The second kappa shape index (κ2) is 12.0. The van der Waals surface area contributed by atoms with Crippen molar-refractivity contribution in [1.82, 2.24) is 15.5 Å². The molecule has 4 nitrogen and oxygen atoms in total. The van der Waals surface area contributed by atoms with E-state index in [0.717, 1.165) is 61.9 Å². The van der Waals surface area contributed by atoms with Crippen LogP contribution in [-0.2, 0) is 12.7 Å². The van der Waals surface area contributed by atoms with E-state index in [4.69, 9.17) is 0 Å². The summed E-state index contributed by atoms with van der Waals surface area (Å²) in [6.45, 7) is 3.33. The Bertz CT molecular complexity index is 581. The molecule has 0 amide bonds. The number of aliphatic imine (C=N–C) groups is 1. The van der Waals surface area contributed by atoms with Gasteiger partial charge in [0.25, 0.3) is 0 Å². The van der Waals surface area contributed by atoms with E-state index in [9.17, 15) is 13.2 Å². The van der Waals surface area contributed by atoms with Crippen LogP contribution in [0.5, 0.6) is 0 Å². The summed E-state index contributed by atoms with van der Waals surface area (Å²) in [4.78, 5) is 6.50. The van der Waals surface area contributed by atoms with Crippen LogP contribution in [-0.4, -0.2) is 55.6 Å². The van der Waals surface area contributed by atoms with Crippen LogP contribution >= 0.6 is 35.7 Å². The molecule has 0 bridgehead atoms. The van der Waals surface area contributed by atoms with Crippen molar-refractivity contribution in [2.75, 3.05) is 38.7 Å². The molecule has 0 saturated carbocycles. The number of hydrogen-bond donors (Lipinski definition) is 2. The summed E-state index contributed by atoms with van der Waals surface area (Å²) in [6.07, 6.45) is -0.102. The van der Waals surface area contributed by atoms with Crippen LogP contribution in [0.2, 0.25) is 0 Å². The molecule has 1 aliphatic heterocycles. The minimum absolute atomic E-state index is 0. The summed E-state index contributed by atoms with van der Waals surface area (Å²) in [7, 11) is 1.76. The third kappa shape index (κ3) is 8.47. The lowest BCUT2D eigenvalue weighted by molar-refractivity contribution is -0.137. The minimum atomic E-state index is -4.28. The molecule has 27 heavy (non-hydrogen) atoms. The molecule has 1 aromatic rings. The van der Waals surface area contributed by atoms with Crippen molar-refractivity contribution in [2.24, 2.45) is 4.99 Å². The quantitative estimate of drug-likeness (QED) is 0.250. The first kappa shape index (κ1) is 24.4. The van der Waals surface area contributed by atoms with Crippen molar-refractivity contribution in [3.05, 3.63) is 35.4 Å². The lowest BCUT2D eigenvalue weighted by Crippen LogP contribution is -2.44. The number of hydrogen-bond acceptors (Lipinski definition) is 3. The fraction of sp³-hybridized carbons (Fsp3) is 0.611. The number of halogens is 4. The molecule has 1 aliphatic rings. The van der Waals surface area contributed by atoms with Crippen LogP contribution in [0.25, 0.3) is 0 Å². The molecule has 1 unspecified atom stereocenters. The molecule has 2 rings (SSSR count). The summed E-state index contributed by atoms with van der Waals surface area (Å²) in [5.74, 6) is 1.93. The van der Waals surface area contributed by atoms with Gasteiger partial charge in [-0.3, -0.25) is 9.89 Å². The van der Waals surface area contributed by atoms with E-state index < -0.39 is 11.7 Å². The Morgan fingerprint density at radius 3 is 2.59 bits per heavy atom. The number of likely N-dealkylation sites (tertiary alicyclic amines) is 1. The SMILES string of the molecule is CN=C(NCCCSC)NC1CCN(Cc2ccc(C(F)(F)F)cc2)C1.I. The zero-order valence-electron chi connectivity index (χ0n) is 15.7. The van der Waals surface area contributed by atoms with E-state index in [2.05, 4.69) is 26.8 Å². The monoisotopic (exact) mass is 516 g/mol. The van der Waals surface area contributed by atoms with E-state index >= 15 is 0 Å². The van der Waals surface area contributed by atoms with E-state index in [-0.39, 0.29) is 24.0 Å². The predicted octanol–water partition coefficient (Wildman–Crippen LogP) is 3.82. The highest BCUT2D eigenvalue weighted by Crippen LogP contribution is 2.29. The summed E-state index contributed by atoms with van der Waals surface area (Å²) in [5.41, 5.74) is 0.303. The Morgan fingerprint density at radius 2 is 2.00 bits per heavy atom. The normalized spacial score (nSPS) is 18.3. The molecule has 1 atom stereocenters. The number of guanidine groups is 1. The maximum absolute atomic E-state index is 12.6. The van der Waals surface area contributed by atoms with Gasteiger partial charge in [-0.1, -0.05) is 12.1 Å². The molecule has 9 heteroatoms.